The smallest absolute Gasteiger partial charge is 0.227 e. The van der Waals surface area contributed by atoms with Crippen molar-refractivity contribution in [1.82, 2.24) is 4.90 Å². The summed E-state index contributed by atoms with van der Waals surface area (Å²) in [5.74, 6) is 0.0803. The Morgan fingerprint density at radius 1 is 1.30 bits per heavy atom. The number of carbonyl (C=O) groups excluding carboxylic acids is 2. The van der Waals surface area contributed by atoms with Crippen LogP contribution in [0.5, 0.6) is 0 Å². The minimum atomic E-state index is -0.0271. The molecule has 2 amide bonds. The van der Waals surface area contributed by atoms with Crippen molar-refractivity contribution in [3.05, 3.63) is 28.8 Å². The Balaban J connectivity index is 1.94. The molecule has 20 heavy (non-hydrogen) atoms. The molecule has 1 aliphatic heterocycles. The molecule has 1 fully saturated rings. The molecule has 0 spiro atoms. The average molecular weight is 295 g/mol. The first-order valence-electron chi connectivity index (χ1n) is 6.80. The summed E-state index contributed by atoms with van der Waals surface area (Å²) in [5, 5.41) is 3.61. The van der Waals surface area contributed by atoms with E-state index in [9.17, 15) is 9.59 Å². The van der Waals surface area contributed by atoms with Crippen LogP contribution in [-0.2, 0) is 9.59 Å². The molecule has 1 heterocycles. The number of aryl methyl sites for hydroxylation is 1. The highest BCUT2D eigenvalue weighted by atomic mass is 35.5. The fourth-order valence-corrected chi connectivity index (χ4v) is 2.69. The molecule has 0 aliphatic carbocycles. The number of amides is 2. The molecular weight excluding hydrogens is 276 g/mol. The molecule has 1 aromatic carbocycles. The number of hydrogen-bond donors (Lipinski definition) is 1. The first-order valence-corrected chi connectivity index (χ1v) is 7.17. The molecule has 5 heteroatoms. The maximum absolute atomic E-state index is 12.2. The highest BCUT2D eigenvalue weighted by Crippen LogP contribution is 2.23. The summed E-state index contributed by atoms with van der Waals surface area (Å²) >= 11 is 5.90. The van der Waals surface area contributed by atoms with Gasteiger partial charge in [-0.15, -0.1) is 0 Å². The fourth-order valence-electron chi connectivity index (χ4n) is 2.46. The minimum Gasteiger partial charge on any atom is -0.343 e. The Hall–Kier alpha value is -1.55. The van der Waals surface area contributed by atoms with E-state index in [1.165, 1.54) is 0 Å². The quantitative estimate of drug-likeness (QED) is 0.912. The zero-order chi connectivity index (χ0) is 14.7. The summed E-state index contributed by atoms with van der Waals surface area (Å²) in [6.07, 6.45) is 1.44. The maximum atomic E-state index is 12.2. The van der Waals surface area contributed by atoms with Crippen LogP contribution in [0, 0.1) is 12.8 Å². The third-order valence-electron chi connectivity index (χ3n) is 3.76. The van der Waals surface area contributed by atoms with Crippen molar-refractivity contribution < 1.29 is 9.59 Å². The number of likely N-dealkylation sites (tertiary alicyclic amines) is 1. The van der Waals surface area contributed by atoms with Crippen LogP contribution in [0.1, 0.15) is 25.3 Å². The van der Waals surface area contributed by atoms with Crippen molar-refractivity contribution in [1.29, 1.82) is 0 Å². The van der Waals surface area contributed by atoms with Crippen LogP contribution in [0.3, 0.4) is 0 Å². The van der Waals surface area contributed by atoms with E-state index in [2.05, 4.69) is 5.32 Å². The van der Waals surface area contributed by atoms with Crippen molar-refractivity contribution in [2.45, 2.75) is 26.7 Å². The lowest BCUT2D eigenvalue weighted by Crippen LogP contribution is -2.40. The SMILES string of the molecule is CC(=O)N1CCC(C(=O)Nc2ccc(Cl)cc2C)CC1. The number of anilines is 1. The molecule has 0 radical (unpaired) electrons. The molecule has 0 atom stereocenters. The number of carbonyl (C=O) groups is 2. The Kier molecular flexibility index (Phi) is 4.65. The number of rotatable bonds is 2. The van der Waals surface area contributed by atoms with Crippen LogP contribution < -0.4 is 5.32 Å². The summed E-state index contributed by atoms with van der Waals surface area (Å²) in [7, 11) is 0. The zero-order valence-electron chi connectivity index (χ0n) is 11.8. The van der Waals surface area contributed by atoms with E-state index >= 15 is 0 Å². The third-order valence-corrected chi connectivity index (χ3v) is 3.99. The molecular formula is C15H19ClN2O2. The van der Waals surface area contributed by atoms with Crippen LogP contribution >= 0.6 is 11.6 Å². The van der Waals surface area contributed by atoms with E-state index < -0.39 is 0 Å². The second-order valence-electron chi connectivity index (χ2n) is 5.23. The molecule has 1 aliphatic rings. The van der Waals surface area contributed by atoms with Gasteiger partial charge in [0.1, 0.15) is 0 Å². The Labute approximate surface area is 124 Å². The lowest BCUT2D eigenvalue weighted by molar-refractivity contribution is -0.132. The number of nitrogens with one attached hydrogen (secondary N) is 1. The van der Waals surface area contributed by atoms with Gasteiger partial charge < -0.3 is 10.2 Å². The van der Waals surface area contributed by atoms with Gasteiger partial charge in [0.2, 0.25) is 11.8 Å². The summed E-state index contributed by atoms with van der Waals surface area (Å²) < 4.78 is 0. The van der Waals surface area contributed by atoms with E-state index in [-0.39, 0.29) is 17.7 Å². The Morgan fingerprint density at radius 2 is 1.95 bits per heavy atom. The topological polar surface area (TPSA) is 49.4 Å². The Bertz CT molecular complexity index is 523. The maximum Gasteiger partial charge on any atom is 0.227 e. The van der Waals surface area contributed by atoms with Crippen LogP contribution in [0.2, 0.25) is 5.02 Å². The van der Waals surface area contributed by atoms with E-state index in [1.54, 1.807) is 17.9 Å². The summed E-state index contributed by atoms with van der Waals surface area (Å²) in [4.78, 5) is 25.3. The third kappa shape index (κ3) is 3.51. The summed E-state index contributed by atoms with van der Waals surface area (Å²) in [5.41, 5.74) is 1.75. The molecule has 0 saturated carbocycles. The predicted octanol–water partition coefficient (Wildman–Crippen LogP) is 2.85. The number of hydrogen-bond acceptors (Lipinski definition) is 2. The average Bonchev–Trinajstić information content (AvgIpc) is 2.42. The standard InChI is InChI=1S/C15H19ClN2O2/c1-10-9-13(16)3-4-14(10)17-15(20)12-5-7-18(8-6-12)11(2)19/h3-4,9,12H,5-8H2,1-2H3,(H,17,20). The van der Waals surface area contributed by atoms with Gasteiger partial charge in [0, 0.05) is 36.6 Å². The molecule has 1 saturated heterocycles. The number of nitrogens with zero attached hydrogens (tertiary/aromatic N) is 1. The monoisotopic (exact) mass is 294 g/mol. The van der Waals surface area contributed by atoms with Gasteiger partial charge >= 0.3 is 0 Å². The van der Waals surface area contributed by atoms with Crippen molar-refractivity contribution in [2.75, 3.05) is 18.4 Å². The van der Waals surface area contributed by atoms with Gasteiger partial charge in [-0.25, -0.2) is 0 Å². The van der Waals surface area contributed by atoms with Crippen molar-refractivity contribution >= 4 is 29.1 Å². The number of halogens is 1. The highest BCUT2D eigenvalue weighted by Gasteiger charge is 2.26. The molecule has 0 unspecified atom stereocenters. The van der Waals surface area contributed by atoms with Gasteiger partial charge in [-0.1, -0.05) is 11.6 Å². The lowest BCUT2D eigenvalue weighted by atomic mass is 9.95. The largest absolute Gasteiger partial charge is 0.343 e. The van der Waals surface area contributed by atoms with Gasteiger partial charge in [0.15, 0.2) is 0 Å². The molecule has 1 N–H and O–H groups in total. The van der Waals surface area contributed by atoms with Crippen molar-refractivity contribution in [2.24, 2.45) is 5.92 Å². The van der Waals surface area contributed by atoms with Gasteiger partial charge in [-0.05, 0) is 43.5 Å². The minimum absolute atomic E-state index is 0.0265. The van der Waals surface area contributed by atoms with Crippen molar-refractivity contribution in [3.63, 3.8) is 0 Å². The molecule has 4 nitrogen and oxygen atoms in total. The highest BCUT2D eigenvalue weighted by molar-refractivity contribution is 6.30. The van der Waals surface area contributed by atoms with Crippen LogP contribution in [0.4, 0.5) is 5.69 Å². The van der Waals surface area contributed by atoms with Gasteiger partial charge in [-0.2, -0.15) is 0 Å². The van der Waals surface area contributed by atoms with Crippen LogP contribution in [0.25, 0.3) is 0 Å². The molecule has 108 valence electrons. The second kappa shape index (κ2) is 6.27. The fraction of sp³-hybridized carbons (Fsp3) is 0.467. The summed E-state index contributed by atoms with van der Waals surface area (Å²) in [6, 6.07) is 5.41. The molecule has 1 aromatic rings. The summed E-state index contributed by atoms with van der Waals surface area (Å²) in [6.45, 7) is 4.80. The van der Waals surface area contributed by atoms with E-state index in [4.69, 9.17) is 11.6 Å². The molecule has 0 aromatic heterocycles. The van der Waals surface area contributed by atoms with Gasteiger partial charge in [0.05, 0.1) is 0 Å². The molecule has 2 rings (SSSR count). The normalized spacial score (nSPS) is 16.1. The predicted molar refractivity (Wildman–Crippen MR) is 79.8 cm³/mol. The number of benzene rings is 1. The van der Waals surface area contributed by atoms with Gasteiger partial charge in [-0.3, -0.25) is 9.59 Å². The van der Waals surface area contributed by atoms with E-state index in [0.29, 0.717) is 18.1 Å². The first kappa shape index (κ1) is 14.9. The molecule has 0 bridgehead atoms. The number of piperidine rings is 1. The van der Waals surface area contributed by atoms with Crippen LogP contribution in [0.15, 0.2) is 18.2 Å². The Morgan fingerprint density at radius 3 is 2.50 bits per heavy atom. The van der Waals surface area contributed by atoms with E-state index in [0.717, 1.165) is 24.1 Å². The second-order valence-corrected chi connectivity index (χ2v) is 5.67. The zero-order valence-corrected chi connectivity index (χ0v) is 12.5. The van der Waals surface area contributed by atoms with Crippen molar-refractivity contribution in [3.8, 4) is 0 Å². The first-order chi connectivity index (χ1) is 9.47. The van der Waals surface area contributed by atoms with Gasteiger partial charge in [0.25, 0.3) is 0 Å². The van der Waals surface area contributed by atoms with Crippen LogP contribution in [-0.4, -0.2) is 29.8 Å². The lowest BCUT2D eigenvalue weighted by Gasteiger charge is -2.30. The van der Waals surface area contributed by atoms with E-state index in [1.807, 2.05) is 19.1 Å².